The van der Waals surface area contributed by atoms with Gasteiger partial charge in [-0.3, -0.25) is 0 Å². The molecule has 0 aliphatic heterocycles. The smallest absolute Gasteiger partial charge is 0.231 e. The summed E-state index contributed by atoms with van der Waals surface area (Å²) in [7, 11) is 2.06. The van der Waals surface area contributed by atoms with E-state index in [0.717, 1.165) is 5.82 Å². The first kappa shape index (κ1) is 12.9. The summed E-state index contributed by atoms with van der Waals surface area (Å²) in [5.41, 5.74) is 2.35. The molecule has 0 saturated carbocycles. The number of fused-ring (bicyclic) bond motifs is 1. The van der Waals surface area contributed by atoms with Crippen molar-refractivity contribution in [2.24, 2.45) is 7.05 Å². The minimum Gasteiger partial charge on any atom is -0.350 e. The average Bonchev–Trinajstić information content (AvgIpc) is 2.97. The maximum absolute atomic E-state index is 5.38. The molecule has 0 atom stereocenters. The Kier molecular flexibility index (Phi) is 2.89. The predicted octanol–water partition coefficient (Wildman–Crippen LogP) is 3.45. The van der Waals surface area contributed by atoms with E-state index in [1.807, 2.05) is 0 Å². The van der Waals surface area contributed by atoms with E-state index < -0.39 is 0 Å². The Hall–Kier alpha value is -2.10. The van der Waals surface area contributed by atoms with Crippen molar-refractivity contribution in [3.63, 3.8) is 0 Å². The van der Waals surface area contributed by atoms with Crippen LogP contribution in [0.4, 0.5) is 0 Å². The molecule has 3 rings (SSSR count). The molecule has 0 saturated heterocycles. The molecule has 0 N–H and O–H groups in total. The molecule has 1 aromatic carbocycles. The highest BCUT2D eigenvalue weighted by atomic mass is 16.5. The van der Waals surface area contributed by atoms with Gasteiger partial charge in [0, 0.05) is 29.6 Å². The van der Waals surface area contributed by atoms with Gasteiger partial charge in [-0.25, -0.2) is 0 Å². The van der Waals surface area contributed by atoms with Gasteiger partial charge < -0.3 is 9.09 Å². The van der Waals surface area contributed by atoms with Crippen LogP contribution in [-0.2, 0) is 18.9 Å². The van der Waals surface area contributed by atoms with E-state index in [0.29, 0.717) is 12.3 Å². The molecule has 0 aliphatic rings. The summed E-state index contributed by atoms with van der Waals surface area (Å²) < 4.78 is 7.51. The molecule has 20 heavy (non-hydrogen) atoms. The number of aryl methyl sites for hydroxylation is 1. The lowest BCUT2D eigenvalue weighted by atomic mass is 9.96. The Bertz CT molecular complexity index is 747. The van der Waals surface area contributed by atoms with Crippen molar-refractivity contribution in [3.05, 3.63) is 47.7 Å². The molecule has 104 valence electrons. The first-order chi connectivity index (χ1) is 9.45. The SMILES string of the molecule is Cn1cc(Cc2nc(C(C)(C)C)no2)c2ccccc21. The zero-order valence-corrected chi connectivity index (χ0v) is 12.3. The standard InChI is InChI=1S/C16H19N3O/c1-16(2,3)15-17-14(20-18-15)9-11-10-19(4)13-8-6-5-7-12(11)13/h5-8,10H,9H2,1-4H3. The number of para-hydroxylation sites is 1. The molecule has 0 fully saturated rings. The Labute approximate surface area is 118 Å². The van der Waals surface area contributed by atoms with E-state index in [2.05, 4.69) is 73.0 Å². The summed E-state index contributed by atoms with van der Waals surface area (Å²) in [5.74, 6) is 1.43. The highest BCUT2D eigenvalue weighted by Crippen LogP contribution is 2.24. The lowest BCUT2D eigenvalue weighted by Gasteiger charge is -2.10. The quantitative estimate of drug-likeness (QED) is 0.715. The molecule has 0 aliphatic carbocycles. The van der Waals surface area contributed by atoms with Gasteiger partial charge in [-0.05, 0) is 11.6 Å². The molecule has 0 radical (unpaired) electrons. The third kappa shape index (κ3) is 2.22. The summed E-state index contributed by atoms with van der Waals surface area (Å²) >= 11 is 0. The van der Waals surface area contributed by atoms with Crippen LogP contribution in [-0.4, -0.2) is 14.7 Å². The van der Waals surface area contributed by atoms with E-state index in [1.54, 1.807) is 0 Å². The molecule has 2 heterocycles. The van der Waals surface area contributed by atoms with Crippen LogP contribution >= 0.6 is 0 Å². The summed E-state index contributed by atoms with van der Waals surface area (Å²) in [6.45, 7) is 6.25. The topological polar surface area (TPSA) is 43.9 Å². The minimum atomic E-state index is -0.0828. The van der Waals surface area contributed by atoms with Gasteiger partial charge in [0.2, 0.25) is 5.89 Å². The largest absolute Gasteiger partial charge is 0.350 e. The molecular formula is C16H19N3O. The molecule has 3 aromatic rings. The van der Waals surface area contributed by atoms with E-state index in [-0.39, 0.29) is 5.41 Å². The van der Waals surface area contributed by atoms with Crippen LogP contribution in [0, 0.1) is 0 Å². The number of rotatable bonds is 2. The van der Waals surface area contributed by atoms with Crippen molar-refractivity contribution in [3.8, 4) is 0 Å². The fourth-order valence-electron chi connectivity index (χ4n) is 2.36. The highest BCUT2D eigenvalue weighted by Gasteiger charge is 2.21. The van der Waals surface area contributed by atoms with Gasteiger partial charge in [-0.15, -0.1) is 0 Å². The van der Waals surface area contributed by atoms with Crippen molar-refractivity contribution in [1.82, 2.24) is 14.7 Å². The van der Waals surface area contributed by atoms with Crippen LogP contribution in [0.2, 0.25) is 0 Å². The van der Waals surface area contributed by atoms with Gasteiger partial charge in [0.15, 0.2) is 5.82 Å². The van der Waals surface area contributed by atoms with Gasteiger partial charge in [0.05, 0.1) is 6.42 Å². The Morgan fingerprint density at radius 3 is 2.65 bits per heavy atom. The molecule has 4 heteroatoms. The second-order valence-corrected chi connectivity index (χ2v) is 6.22. The van der Waals surface area contributed by atoms with E-state index in [9.17, 15) is 0 Å². The number of nitrogens with zero attached hydrogens (tertiary/aromatic N) is 3. The fourth-order valence-corrected chi connectivity index (χ4v) is 2.36. The van der Waals surface area contributed by atoms with Crippen LogP contribution in [0.15, 0.2) is 35.0 Å². The third-order valence-corrected chi connectivity index (χ3v) is 3.46. The van der Waals surface area contributed by atoms with Crippen molar-refractivity contribution in [2.75, 3.05) is 0 Å². The molecule has 0 unspecified atom stereocenters. The molecule has 0 bridgehead atoms. The van der Waals surface area contributed by atoms with Crippen LogP contribution in [0.1, 0.15) is 38.0 Å². The van der Waals surface area contributed by atoms with Gasteiger partial charge in [-0.2, -0.15) is 4.98 Å². The highest BCUT2D eigenvalue weighted by molar-refractivity contribution is 5.84. The van der Waals surface area contributed by atoms with Crippen LogP contribution in [0.3, 0.4) is 0 Å². The van der Waals surface area contributed by atoms with Crippen molar-refractivity contribution < 1.29 is 4.52 Å². The lowest BCUT2D eigenvalue weighted by molar-refractivity contribution is 0.368. The lowest BCUT2D eigenvalue weighted by Crippen LogP contribution is -2.13. The first-order valence-electron chi connectivity index (χ1n) is 6.81. The second-order valence-electron chi connectivity index (χ2n) is 6.22. The van der Waals surface area contributed by atoms with Gasteiger partial charge in [0.25, 0.3) is 0 Å². The molecule has 2 aromatic heterocycles. The second kappa shape index (κ2) is 4.47. The molecular weight excluding hydrogens is 250 g/mol. The number of hydrogen-bond donors (Lipinski definition) is 0. The minimum absolute atomic E-state index is 0.0828. The molecule has 0 amide bonds. The third-order valence-electron chi connectivity index (χ3n) is 3.46. The maximum atomic E-state index is 5.38. The molecule has 0 spiro atoms. The summed E-state index contributed by atoms with van der Waals surface area (Å²) in [5, 5.41) is 5.32. The Morgan fingerprint density at radius 2 is 1.95 bits per heavy atom. The Morgan fingerprint density at radius 1 is 1.20 bits per heavy atom. The summed E-state index contributed by atoms with van der Waals surface area (Å²) in [6.07, 6.45) is 2.80. The first-order valence-corrected chi connectivity index (χ1v) is 6.81. The van der Waals surface area contributed by atoms with E-state index >= 15 is 0 Å². The van der Waals surface area contributed by atoms with Crippen LogP contribution in [0.25, 0.3) is 10.9 Å². The van der Waals surface area contributed by atoms with Crippen LogP contribution < -0.4 is 0 Å². The normalized spacial score (nSPS) is 12.2. The average molecular weight is 269 g/mol. The Balaban J connectivity index is 1.96. The zero-order chi connectivity index (χ0) is 14.3. The summed E-state index contributed by atoms with van der Waals surface area (Å²) in [4.78, 5) is 4.51. The number of benzene rings is 1. The number of aromatic nitrogens is 3. The van der Waals surface area contributed by atoms with Crippen LogP contribution in [0.5, 0.6) is 0 Å². The molecule has 4 nitrogen and oxygen atoms in total. The van der Waals surface area contributed by atoms with E-state index in [4.69, 9.17) is 4.52 Å². The van der Waals surface area contributed by atoms with Crippen molar-refractivity contribution >= 4 is 10.9 Å². The van der Waals surface area contributed by atoms with E-state index in [1.165, 1.54) is 16.5 Å². The van der Waals surface area contributed by atoms with Crippen molar-refractivity contribution in [1.29, 1.82) is 0 Å². The maximum Gasteiger partial charge on any atom is 0.231 e. The predicted molar refractivity (Wildman–Crippen MR) is 78.7 cm³/mol. The van der Waals surface area contributed by atoms with Gasteiger partial charge >= 0.3 is 0 Å². The monoisotopic (exact) mass is 269 g/mol. The summed E-state index contributed by atoms with van der Waals surface area (Å²) in [6, 6.07) is 8.36. The fraction of sp³-hybridized carbons (Fsp3) is 0.375. The zero-order valence-electron chi connectivity index (χ0n) is 12.3. The van der Waals surface area contributed by atoms with Gasteiger partial charge in [0.1, 0.15) is 0 Å². The number of hydrogen-bond acceptors (Lipinski definition) is 3. The van der Waals surface area contributed by atoms with Gasteiger partial charge in [-0.1, -0.05) is 44.1 Å². The van der Waals surface area contributed by atoms with Crippen molar-refractivity contribution in [2.45, 2.75) is 32.6 Å².